The van der Waals surface area contributed by atoms with Crippen molar-refractivity contribution < 1.29 is 19.1 Å². The number of carbonyl (C=O) groups excluding carboxylic acids is 2. The first kappa shape index (κ1) is 18.2. The Hall–Kier alpha value is -2.61. The van der Waals surface area contributed by atoms with Crippen LogP contribution >= 0.6 is 11.3 Å². The average molecular weight is 375 g/mol. The molecule has 1 unspecified atom stereocenters. The number of amides is 3. The lowest BCUT2D eigenvalue weighted by molar-refractivity contribution is -0.128. The van der Waals surface area contributed by atoms with Gasteiger partial charge in [-0.05, 0) is 24.1 Å². The number of nitrogens with one attached hydrogen (secondary N) is 1. The number of carbonyl (C=O) groups is 2. The largest absolute Gasteiger partial charge is 0.493 e. The smallest absolute Gasteiger partial charge is 0.325 e. The maximum Gasteiger partial charge on any atom is 0.325 e. The molecule has 0 bridgehead atoms. The number of hydrogen-bond acceptors (Lipinski definition) is 6. The van der Waals surface area contributed by atoms with Crippen molar-refractivity contribution in [3.63, 3.8) is 0 Å². The molecule has 1 aliphatic rings. The van der Waals surface area contributed by atoms with Gasteiger partial charge in [-0.2, -0.15) is 0 Å². The molecule has 1 aromatic carbocycles. The highest BCUT2D eigenvalue weighted by atomic mass is 32.1. The van der Waals surface area contributed by atoms with Crippen molar-refractivity contribution in [3.05, 3.63) is 29.3 Å². The molecule has 8 heteroatoms. The van der Waals surface area contributed by atoms with Gasteiger partial charge < -0.3 is 14.8 Å². The Labute approximate surface area is 155 Å². The molecule has 2 heterocycles. The lowest BCUT2D eigenvalue weighted by Gasteiger charge is -2.13. The van der Waals surface area contributed by atoms with Crippen LogP contribution in [0.15, 0.2) is 23.6 Å². The van der Waals surface area contributed by atoms with Gasteiger partial charge in [-0.25, -0.2) is 9.78 Å². The Morgan fingerprint density at radius 3 is 2.58 bits per heavy atom. The van der Waals surface area contributed by atoms with Crippen molar-refractivity contribution in [1.82, 2.24) is 15.2 Å². The molecule has 26 heavy (non-hydrogen) atoms. The van der Waals surface area contributed by atoms with Crippen molar-refractivity contribution in [3.8, 4) is 22.1 Å². The lowest BCUT2D eigenvalue weighted by atomic mass is 10.1. The van der Waals surface area contributed by atoms with Gasteiger partial charge in [0.15, 0.2) is 11.5 Å². The van der Waals surface area contributed by atoms with Crippen LogP contribution < -0.4 is 14.8 Å². The van der Waals surface area contributed by atoms with Gasteiger partial charge in [0.1, 0.15) is 11.0 Å². The number of methoxy groups -OCH3 is 2. The Kier molecular flexibility index (Phi) is 5.13. The number of urea groups is 1. The second-order valence-corrected chi connectivity index (χ2v) is 7.17. The van der Waals surface area contributed by atoms with Gasteiger partial charge in [-0.15, -0.1) is 11.3 Å². The molecule has 1 aliphatic heterocycles. The zero-order chi connectivity index (χ0) is 18.8. The van der Waals surface area contributed by atoms with Crippen LogP contribution in [0.2, 0.25) is 0 Å². The Balaban J connectivity index is 1.78. The highest BCUT2D eigenvalue weighted by Crippen LogP contribution is 2.33. The van der Waals surface area contributed by atoms with Gasteiger partial charge >= 0.3 is 6.03 Å². The van der Waals surface area contributed by atoms with Gasteiger partial charge in [0.05, 0.1) is 26.5 Å². The van der Waals surface area contributed by atoms with Crippen LogP contribution in [-0.4, -0.2) is 42.1 Å². The van der Waals surface area contributed by atoms with E-state index in [1.807, 2.05) is 37.4 Å². The molecule has 1 N–H and O–H groups in total. The third-order valence-corrected chi connectivity index (χ3v) is 5.17. The summed E-state index contributed by atoms with van der Waals surface area (Å²) in [6.45, 7) is 3.98. The summed E-state index contributed by atoms with van der Waals surface area (Å²) in [5.74, 6) is 1.11. The summed E-state index contributed by atoms with van der Waals surface area (Å²) in [4.78, 5) is 30.2. The molecule has 1 fully saturated rings. The lowest BCUT2D eigenvalue weighted by Crippen LogP contribution is -2.34. The fraction of sp³-hybridized carbons (Fsp3) is 0.389. The van der Waals surface area contributed by atoms with E-state index in [0.29, 0.717) is 17.2 Å². The van der Waals surface area contributed by atoms with Gasteiger partial charge in [0.25, 0.3) is 5.91 Å². The maximum absolute atomic E-state index is 12.4. The molecule has 138 valence electrons. The van der Waals surface area contributed by atoms with E-state index in [1.54, 1.807) is 14.2 Å². The topological polar surface area (TPSA) is 80.8 Å². The second kappa shape index (κ2) is 7.33. The van der Waals surface area contributed by atoms with Crippen LogP contribution in [0.1, 0.15) is 19.5 Å². The predicted molar refractivity (Wildman–Crippen MR) is 98.4 cm³/mol. The van der Waals surface area contributed by atoms with E-state index in [-0.39, 0.29) is 24.4 Å². The molecule has 3 amide bonds. The number of thiazole rings is 1. The second-order valence-electron chi connectivity index (χ2n) is 6.31. The summed E-state index contributed by atoms with van der Waals surface area (Å²) in [6.07, 6.45) is 0. The van der Waals surface area contributed by atoms with E-state index in [9.17, 15) is 9.59 Å². The number of nitrogens with zero attached hydrogens (tertiary/aromatic N) is 2. The van der Waals surface area contributed by atoms with Crippen LogP contribution in [0.5, 0.6) is 11.5 Å². The number of ether oxygens (including phenoxy) is 2. The van der Waals surface area contributed by atoms with Crippen LogP contribution in [0, 0.1) is 5.92 Å². The quantitative estimate of drug-likeness (QED) is 0.785. The van der Waals surface area contributed by atoms with Crippen molar-refractivity contribution in [2.24, 2.45) is 5.92 Å². The monoisotopic (exact) mass is 375 g/mol. The molecule has 0 spiro atoms. The summed E-state index contributed by atoms with van der Waals surface area (Å²) < 4.78 is 10.6. The number of hydrogen-bond donors (Lipinski definition) is 1. The van der Waals surface area contributed by atoms with E-state index >= 15 is 0 Å². The number of imide groups is 1. The first-order valence-electron chi connectivity index (χ1n) is 8.23. The summed E-state index contributed by atoms with van der Waals surface area (Å²) in [6, 6.07) is 4.73. The number of rotatable bonds is 6. The minimum absolute atomic E-state index is 0.0502. The molecular weight excluding hydrogens is 354 g/mol. The molecule has 0 radical (unpaired) electrons. The van der Waals surface area contributed by atoms with Gasteiger partial charge in [0, 0.05) is 10.9 Å². The van der Waals surface area contributed by atoms with E-state index < -0.39 is 6.04 Å². The van der Waals surface area contributed by atoms with Gasteiger partial charge in [-0.1, -0.05) is 13.8 Å². The SMILES string of the molecule is COc1ccc(-c2nc(CN3C(=O)NC(C(C)C)C3=O)cs2)cc1OC. The van der Waals surface area contributed by atoms with Gasteiger partial charge in [-0.3, -0.25) is 9.69 Å². The number of benzene rings is 1. The van der Waals surface area contributed by atoms with Gasteiger partial charge in [0.2, 0.25) is 0 Å². The molecule has 0 saturated carbocycles. The Bertz CT molecular complexity index is 834. The molecule has 7 nitrogen and oxygen atoms in total. The van der Waals surface area contributed by atoms with Crippen molar-refractivity contribution >= 4 is 23.3 Å². The summed E-state index contributed by atoms with van der Waals surface area (Å²) in [5.41, 5.74) is 1.56. The molecule has 1 saturated heterocycles. The van der Waals surface area contributed by atoms with Crippen LogP contribution in [0.3, 0.4) is 0 Å². The zero-order valence-corrected chi connectivity index (χ0v) is 15.9. The molecule has 0 aliphatic carbocycles. The summed E-state index contributed by atoms with van der Waals surface area (Å²) >= 11 is 1.45. The van der Waals surface area contributed by atoms with Crippen molar-refractivity contribution in [1.29, 1.82) is 0 Å². The predicted octanol–water partition coefficient (Wildman–Crippen LogP) is 2.90. The Morgan fingerprint density at radius 2 is 1.96 bits per heavy atom. The first-order chi connectivity index (χ1) is 12.4. The third kappa shape index (κ3) is 3.37. The van der Waals surface area contributed by atoms with Crippen LogP contribution in [0.4, 0.5) is 4.79 Å². The molecule has 2 aromatic rings. The fourth-order valence-corrected chi connectivity index (χ4v) is 3.59. The number of aromatic nitrogens is 1. The zero-order valence-electron chi connectivity index (χ0n) is 15.1. The molecular formula is C18H21N3O4S. The van der Waals surface area contributed by atoms with Crippen molar-refractivity contribution in [2.75, 3.05) is 14.2 Å². The highest BCUT2D eigenvalue weighted by Gasteiger charge is 2.39. The minimum Gasteiger partial charge on any atom is -0.493 e. The summed E-state index contributed by atoms with van der Waals surface area (Å²) in [7, 11) is 3.17. The normalized spacial score (nSPS) is 17.0. The fourth-order valence-electron chi connectivity index (χ4n) is 2.79. The Morgan fingerprint density at radius 1 is 1.23 bits per heavy atom. The van der Waals surface area contributed by atoms with E-state index in [4.69, 9.17) is 9.47 Å². The summed E-state index contributed by atoms with van der Waals surface area (Å²) in [5, 5.41) is 5.36. The molecule has 1 aromatic heterocycles. The average Bonchev–Trinajstić information content (AvgIpc) is 3.21. The van der Waals surface area contributed by atoms with Crippen molar-refractivity contribution in [2.45, 2.75) is 26.4 Å². The van der Waals surface area contributed by atoms with E-state index in [2.05, 4.69) is 10.3 Å². The van der Waals surface area contributed by atoms with Crippen LogP contribution in [-0.2, 0) is 11.3 Å². The van der Waals surface area contributed by atoms with E-state index in [0.717, 1.165) is 10.6 Å². The molecule has 3 rings (SSSR count). The first-order valence-corrected chi connectivity index (χ1v) is 9.11. The van der Waals surface area contributed by atoms with Crippen LogP contribution in [0.25, 0.3) is 10.6 Å². The third-order valence-electron chi connectivity index (χ3n) is 4.23. The minimum atomic E-state index is -0.466. The maximum atomic E-state index is 12.4. The van der Waals surface area contributed by atoms with E-state index in [1.165, 1.54) is 16.2 Å². The highest BCUT2D eigenvalue weighted by molar-refractivity contribution is 7.13. The molecule has 1 atom stereocenters. The standard InChI is InChI=1S/C18H21N3O4S/c1-10(2)15-17(22)21(18(23)20-15)8-12-9-26-16(19-12)11-5-6-13(24-3)14(7-11)25-4/h5-7,9-10,15H,8H2,1-4H3,(H,20,23).